The fraction of sp³-hybridized carbons (Fsp3) is 0.579. The quantitative estimate of drug-likeness (QED) is 0.351. The number of aliphatic imine (C=N–C) groups is 1. The third-order valence-electron chi connectivity index (χ3n) is 4.61. The predicted octanol–water partition coefficient (Wildman–Crippen LogP) is 2.03. The van der Waals surface area contributed by atoms with Gasteiger partial charge >= 0.3 is 0 Å². The number of hydrogen-bond acceptors (Lipinski definition) is 4. The van der Waals surface area contributed by atoms with E-state index in [1.807, 2.05) is 11.8 Å². The van der Waals surface area contributed by atoms with Crippen LogP contribution in [-0.4, -0.2) is 56.3 Å². The third kappa shape index (κ3) is 6.20. The van der Waals surface area contributed by atoms with Crippen LogP contribution in [0.3, 0.4) is 0 Å². The van der Waals surface area contributed by atoms with Crippen LogP contribution >= 0.6 is 24.0 Å². The molecule has 0 aliphatic carbocycles. The average molecular weight is 506 g/mol. The van der Waals surface area contributed by atoms with Crippen molar-refractivity contribution in [3.8, 4) is 5.75 Å². The highest BCUT2D eigenvalue weighted by molar-refractivity contribution is 14.0. The number of nitrogens with one attached hydrogen (secondary N) is 2. The second-order valence-corrected chi connectivity index (χ2v) is 6.62. The van der Waals surface area contributed by atoms with Gasteiger partial charge in [0.15, 0.2) is 12.8 Å². The van der Waals surface area contributed by atoms with Gasteiger partial charge in [-0.1, -0.05) is 0 Å². The zero-order valence-electron chi connectivity index (χ0n) is 16.1. The Morgan fingerprint density at radius 1 is 1.29 bits per heavy atom. The Labute approximate surface area is 182 Å². The van der Waals surface area contributed by atoms with Crippen LogP contribution in [0, 0.1) is 5.82 Å². The standard InChI is InChI=1S/C19H27FN4O3.HI/c1-2-21-19(23-11-17(25)24-7-3-4-8-24)22-6-5-14-9-16(20)10-15-12-26-13-27-18(14)15;/h9-10H,2-8,11-13H2,1H3,(H2,21,22,23);1H. The first-order valence-corrected chi connectivity index (χ1v) is 9.49. The smallest absolute Gasteiger partial charge is 0.244 e. The van der Waals surface area contributed by atoms with Gasteiger partial charge in [-0.3, -0.25) is 4.79 Å². The van der Waals surface area contributed by atoms with E-state index in [1.54, 1.807) is 0 Å². The molecule has 3 rings (SSSR count). The number of benzene rings is 1. The third-order valence-corrected chi connectivity index (χ3v) is 4.61. The van der Waals surface area contributed by atoms with E-state index in [1.165, 1.54) is 12.1 Å². The van der Waals surface area contributed by atoms with Gasteiger partial charge in [0.05, 0.1) is 6.61 Å². The Morgan fingerprint density at radius 3 is 2.82 bits per heavy atom. The number of rotatable bonds is 6. The van der Waals surface area contributed by atoms with Gasteiger partial charge in [-0.15, -0.1) is 24.0 Å². The lowest BCUT2D eigenvalue weighted by atomic mass is 10.1. The minimum atomic E-state index is -0.297. The van der Waals surface area contributed by atoms with Crippen LogP contribution in [-0.2, 0) is 22.6 Å². The van der Waals surface area contributed by atoms with Gasteiger partial charge in [0.2, 0.25) is 5.91 Å². The highest BCUT2D eigenvalue weighted by Crippen LogP contribution is 2.29. The number of likely N-dealkylation sites (tertiary alicyclic amines) is 1. The highest BCUT2D eigenvalue weighted by atomic mass is 127. The number of halogens is 2. The molecule has 0 saturated carbocycles. The summed E-state index contributed by atoms with van der Waals surface area (Å²) in [6, 6.07) is 2.94. The second-order valence-electron chi connectivity index (χ2n) is 6.62. The topological polar surface area (TPSA) is 75.2 Å². The number of ether oxygens (including phenoxy) is 2. The van der Waals surface area contributed by atoms with Crippen LogP contribution < -0.4 is 15.4 Å². The first kappa shape index (κ1) is 22.7. The van der Waals surface area contributed by atoms with Crippen molar-refractivity contribution in [2.24, 2.45) is 4.99 Å². The summed E-state index contributed by atoms with van der Waals surface area (Å²) in [6.07, 6.45) is 2.71. The lowest BCUT2D eigenvalue weighted by Crippen LogP contribution is -2.39. The van der Waals surface area contributed by atoms with Crippen molar-refractivity contribution >= 4 is 35.8 Å². The summed E-state index contributed by atoms with van der Waals surface area (Å²) in [5.41, 5.74) is 1.53. The predicted molar refractivity (Wildman–Crippen MR) is 116 cm³/mol. The molecule has 1 fully saturated rings. The van der Waals surface area contributed by atoms with Crippen molar-refractivity contribution in [2.45, 2.75) is 32.8 Å². The van der Waals surface area contributed by atoms with E-state index in [0.717, 1.165) is 37.1 Å². The zero-order chi connectivity index (χ0) is 19.1. The molecule has 1 aromatic rings. The van der Waals surface area contributed by atoms with Crippen LogP contribution in [0.2, 0.25) is 0 Å². The maximum Gasteiger partial charge on any atom is 0.244 e. The number of carbonyl (C=O) groups is 1. The van der Waals surface area contributed by atoms with Gasteiger partial charge in [0, 0.05) is 31.7 Å². The monoisotopic (exact) mass is 506 g/mol. The van der Waals surface area contributed by atoms with E-state index < -0.39 is 0 Å². The van der Waals surface area contributed by atoms with Gasteiger partial charge in [-0.2, -0.15) is 0 Å². The molecule has 1 aromatic carbocycles. The van der Waals surface area contributed by atoms with Crippen LogP contribution in [0.4, 0.5) is 4.39 Å². The summed E-state index contributed by atoms with van der Waals surface area (Å²) in [4.78, 5) is 18.4. The Balaban J connectivity index is 0.00000280. The molecule has 2 N–H and O–H groups in total. The molecule has 2 aliphatic heterocycles. The van der Waals surface area contributed by atoms with Gasteiger partial charge in [0.25, 0.3) is 0 Å². The van der Waals surface area contributed by atoms with Crippen molar-refractivity contribution in [1.82, 2.24) is 15.5 Å². The first-order valence-electron chi connectivity index (χ1n) is 9.49. The van der Waals surface area contributed by atoms with Crippen molar-refractivity contribution in [1.29, 1.82) is 0 Å². The minimum Gasteiger partial charge on any atom is -0.467 e. The molecule has 0 unspecified atom stereocenters. The van der Waals surface area contributed by atoms with Crippen LogP contribution in [0.15, 0.2) is 17.1 Å². The normalized spacial score (nSPS) is 16.1. The van der Waals surface area contributed by atoms with E-state index in [9.17, 15) is 9.18 Å². The molecule has 0 spiro atoms. The van der Waals surface area contributed by atoms with Gasteiger partial charge in [-0.25, -0.2) is 9.38 Å². The summed E-state index contributed by atoms with van der Waals surface area (Å²) in [7, 11) is 0. The fourth-order valence-corrected chi connectivity index (χ4v) is 3.31. The Kier molecular flexibility index (Phi) is 9.23. The van der Waals surface area contributed by atoms with Crippen LogP contribution in [0.25, 0.3) is 0 Å². The minimum absolute atomic E-state index is 0. The molecule has 0 bridgehead atoms. The molecule has 0 aromatic heterocycles. The molecule has 2 heterocycles. The molecule has 7 nitrogen and oxygen atoms in total. The molecule has 2 aliphatic rings. The molecule has 156 valence electrons. The van der Waals surface area contributed by atoms with Crippen LogP contribution in [0.5, 0.6) is 5.75 Å². The SMILES string of the molecule is CCNC(=NCC(=O)N1CCCC1)NCCc1cc(F)cc2c1OCOC2.I. The molecule has 0 radical (unpaired) electrons. The molecule has 28 heavy (non-hydrogen) atoms. The number of fused-ring (bicyclic) bond motifs is 1. The molecular weight excluding hydrogens is 478 g/mol. The van der Waals surface area contributed by atoms with Crippen molar-refractivity contribution in [2.75, 3.05) is 39.5 Å². The molecule has 1 saturated heterocycles. The summed E-state index contributed by atoms with van der Waals surface area (Å²) in [5, 5.41) is 6.33. The maximum atomic E-state index is 13.8. The number of nitrogens with zero attached hydrogens (tertiary/aromatic N) is 2. The second kappa shape index (κ2) is 11.4. The van der Waals surface area contributed by atoms with E-state index in [0.29, 0.717) is 37.8 Å². The summed E-state index contributed by atoms with van der Waals surface area (Å²) in [5.74, 6) is 1.04. The zero-order valence-corrected chi connectivity index (χ0v) is 18.5. The van der Waals surface area contributed by atoms with Gasteiger partial charge in [0.1, 0.15) is 18.1 Å². The van der Waals surface area contributed by atoms with Crippen LogP contribution in [0.1, 0.15) is 30.9 Å². The summed E-state index contributed by atoms with van der Waals surface area (Å²) >= 11 is 0. The summed E-state index contributed by atoms with van der Waals surface area (Å²) in [6.45, 7) is 5.53. The Hall–Kier alpha value is -1.62. The largest absolute Gasteiger partial charge is 0.467 e. The molecular formula is C19H28FIN4O3. The molecule has 0 atom stereocenters. The lowest BCUT2D eigenvalue weighted by Gasteiger charge is -2.21. The number of guanidine groups is 1. The van der Waals surface area contributed by atoms with E-state index in [4.69, 9.17) is 9.47 Å². The van der Waals surface area contributed by atoms with E-state index >= 15 is 0 Å². The first-order chi connectivity index (χ1) is 13.2. The van der Waals surface area contributed by atoms with E-state index in [-0.39, 0.29) is 49.0 Å². The number of carbonyl (C=O) groups excluding carboxylic acids is 1. The molecule has 9 heteroatoms. The lowest BCUT2D eigenvalue weighted by molar-refractivity contribution is -0.128. The van der Waals surface area contributed by atoms with Gasteiger partial charge in [-0.05, 0) is 43.9 Å². The molecule has 1 amide bonds. The maximum absolute atomic E-state index is 13.8. The number of amides is 1. The Bertz CT molecular complexity index is 696. The van der Waals surface area contributed by atoms with Crippen molar-refractivity contribution < 1.29 is 18.7 Å². The number of hydrogen-bond donors (Lipinski definition) is 2. The Morgan fingerprint density at radius 2 is 2.07 bits per heavy atom. The average Bonchev–Trinajstić information content (AvgIpc) is 3.20. The highest BCUT2D eigenvalue weighted by Gasteiger charge is 2.18. The van der Waals surface area contributed by atoms with Gasteiger partial charge < -0.3 is 25.0 Å². The fourth-order valence-electron chi connectivity index (χ4n) is 3.31. The summed E-state index contributed by atoms with van der Waals surface area (Å²) < 4.78 is 24.6. The van der Waals surface area contributed by atoms with Crippen molar-refractivity contribution in [3.05, 3.63) is 29.1 Å². The van der Waals surface area contributed by atoms with E-state index in [2.05, 4.69) is 15.6 Å². The van der Waals surface area contributed by atoms with Crippen molar-refractivity contribution in [3.63, 3.8) is 0 Å².